The summed E-state index contributed by atoms with van der Waals surface area (Å²) in [5.41, 5.74) is 1.27. The molecule has 0 radical (unpaired) electrons. The van der Waals surface area contributed by atoms with Crippen LogP contribution in [0.25, 0.3) is 0 Å². The normalized spacial score (nSPS) is 11.3. The van der Waals surface area contributed by atoms with Crippen LogP contribution in [0.1, 0.15) is 48.0 Å². The fraction of sp³-hybridized carbons (Fsp3) is 0.579. The van der Waals surface area contributed by atoms with Crippen molar-refractivity contribution in [3.8, 4) is 0 Å². The molecule has 0 fully saturated rings. The van der Waals surface area contributed by atoms with Gasteiger partial charge in [-0.3, -0.25) is 4.79 Å². The van der Waals surface area contributed by atoms with E-state index in [1.165, 1.54) is 0 Å². The van der Waals surface area contributed by atoms with E-state index in [2.05, 4.69) is 43.2 Å². The van der Waals surface area contributed by atoms with Gasteiger partial charge in [-0.05, 0) is 56.6 Å². The smallest absolute Gasteiger partial charge is 0.230 e. The summed E-state index contributed by atoms with van der Waals surface area (Å²) in [5.74, 6) is 0.518. The highest BCUT2D eigenvalue weighted by molar-refractivity contribution is 7.80. The van der Waals surface area contributed by atoms with E-state index in [0.29, 0.717) is 11.0 Å². The number of nitrogens with zero attached hydrogens (tertiary/aromatic N) is 1. The Bertz CT molecular complexity index is 565. The maximum absolute atomic E-state index is 12.5. The van der Waals surface area contributed by atoms with Crippen molar-refractivity contribution in [3.05, 3.63) is 24.3 Å². The van der Waals surface area contributed by atoms with Crippen LogP contribution in [0.4, 0.5) is 11.4 Å². The fourth-order valence-corrected chi connectivity index (χ4v) is 3.18. The van der Waals surface area contributed by atoms with E-state index in [4.69, 9.17) is 12.2 Å². The van der Waals surface area contributed by atoms with Crippen LogP contribution in [0.3, 0.4) is 0 Å². The van der Waals surface area contributed by atoms with Crippen molar-refractivity contribution in [3.63, 3.8) is 0 Å². The molecule has 4 nitrogen and oxygen atoms in total. The molecule has 1 rings (SSSR count). The molecule has 0 spiro atoms. The number of amides is 1. The van der Waals surface area contributed by atoms with Gasteiger partial charge in [-0.25, -0.2) is 0 Å². The van der Waals surface area contributed by atoms with Gasteiger partial charge >= 0.3 is 0 Å². The Kier molecular flexibility index (Phi) is 7.67. The third-order valence-corrected chi connectivity index (χ3v) is 4.32. The van der Waals surface area contributed by atoms with Crippen LogP contribution in [0.2, 0.25) is 0 Å². The molecule has 0 atom stereocenters. The molecule has 1 amide bonds. The number of hydrogen-bond donors (Lipinski definition) is 2. The van der Waals surface area contributed by atoms with E-state index in [0.717, 1.165) is 30.9 Å². The van der Waals surface area contributed by atoms with Crippen LogP contribution in [0.5, 0.6) is 0 Å². The average molecular weight is 350 g/mol. The molecule has 1 aromatic rings. The number of carbonyl (C=O) groups is 1. The van der Waals surface area contributed by atoms with E-state index < -0.39 is 5.41 Å². The summed E-state index contributed by atoms with van der Waals surface area (Å²) in [4.78, 5) is 14.6. The summed E-state index contributed by atoms with van der Waals surface area (Å²) < 4.78 is 0. The lowest BCUT2D eigenvalue weighted by atomic mass is 9.83. The van der Waals surface area contributed by atoms with E-state index in [1.54, 1.807) is 0 Å². The Hall–Kier alpha value is -1.62. The molecule has 0 aliphatic heterocycles. The Labute approximate surface area is 152 Å². The van der Waals surface area contributed by atoms with Gasteiger partial charge < -0.3 is 15.5 Å². The number of rotatable bonds is 7. The second-order valence-electron chi connectivity index (χ2n) is 7.12. The van der Waals surface area contributed by atoms with Crippen LogP contribution in [0.15, 0.2) is 24.3 Å². The standard InChI is InChI=1S/C19H31N3OS/c1-7-22(8-2)18(24)21-16-11-9-10-15(12-16)20-17(23)19(5,6)13-14(3)4/h9-12,14H,7-8,13H2,1-6H3,(H,20,23)(H,21,24). The summed E-state index contributed by atoms with van der Waals surface area (Å²) in [5, 5.41) is 6.95. The highest BCUT2D eigenvalue weighted by atomic mass is 32.1. The lowest BCUT2D eigenvalue weighted by Crippen LogP contribution is -2.34. The molecule has 0 unspecified atom stereocenters. The minimum Gasteiger partial charge on any atom is -0.350 e. The van der Waals surface area contributed by atoms with E-state index >= 15 is 0 Å². The van der Waals surface area contributed by atoms with Gasteiger partial charge in [-0.15, -0.1) is 0 Å². The molecule has 0 bridgehead atoms. The summed E-state index contributed by atoms with van der Waals surface area (Å²) in [6, 6.07) is 7.68. The first-order chi connectivity index (χ1) is 11.2. The molecule has 0 aliphatic carbocycles. The second kappa shape index (κ2) is 9.02. The van der Waals surface area contributed by atoms with Gasteiger partial charge in [0.05, 0.1) is 0 Å². The molecule has 2 N–H and O–H groups in total. The maximum atomic E-state index is 12.5. The lowest BCUT2D eigenvalue weighted by molar-refractivity contribution is -0.124. The number of thiocarbonyl (C=S) groups is 1. The Morgan fingerprint density at radius 3 is 2.21 bits per heavy atom. The van der Waals surface area contributed by atoms with Crippen LogP contribution in [0, 0.1) is 11.3 Å². The first-order valence-electron chi connectivity index (χ1n) is 8.67. The second-order valence-corrected chi connectivity index (χ2v) is 7.51. The number of benzene rings is 1. The van der Waals surface area contributed by atoms with Gasteiger partial charge in [0.15, 0.2) is 5.11 Å². The summed E-state index contributed by atoms with van der Waals surface area (Å²) in [7, 11) is 0. The molecule has 24 heavy (non-hydrogen) atoms. The maximum Gasteiger partial charge on any atom is 0.230 e. The van der Waals surface area contributed by atoms with Crippen molar-refractivity contribution < 1.29 is 4.79 Å². The molecule has 0 saturated heterocycles. The molecule has 5 heteroatoms. The van der Waals surface area contributed by atoms with E-state index in [1.807, 2.05) is 38.1 Å². The zero-order valence-electron chi connectivity index (χ0n) is 15.8. The molecule has 1 aromatic carbocycles. The first kappa shape index (κ1) is 20.4. The SMILES string of the molecule is CCN(CC)C(=S)Nc1cccc(NC(=O)C(C)(C)CC(C)C)c1. The molecule has 0 aliphatic rings. The van der Waals surface area contributed by atoms with Crippen molar-refractivity contribution in [2.24, 2.45) is 11.3 Å². The minimum absolute atomic E-state index is 0.0414. The van der Waals surface area contributed by atoms with Crippen molar-refractivity contribution >= 4 is 34.6 Å². The molecule has 134 valence electrons. The lowest BCUT2D eigenvalue weighted by Gasteiger charge is -2.26. The summed E-state index contributed by atoms with van der Waals surface area (Å²) >= 11 is 5.42. The minimum atomic E-state index is -0.395. The van der Waals surface area contributed by atoms with Gasteiger partial charge in [0.25, 0.3) is 0 Å². The monoisotopic (exact) mass is 349 g/mol. The zero-order chi connectivity index (χ0) is 18.3. The van der Waals surface area contributed by atoms with Crippen molar-refractivity contribution in [2.75, 3.05) is 23.7 Å². The van der Waals surface area contributed by atoms with Gasteiger partial charge in [-0.2, -0.15) is 0 Å². The van der Waals surface area contributed by atoms with Gasteiger partial charge in [0.2, 0.25) is 5.91 Å². The summed E-state index contributed by atoms with van der Waals surface area (Å²) in [6.07, 6.45) is 0.850. The quantitative estimate of drug-likeness (QED) is 0.698. The Balaban J connectivity index is 2.78. The number of nitrogens with one attached hydrogen (secondary N) is 2. The number of carbonyl (C=O) groups excluding carboxylic acids is 1. The predicted molar refractivity (Wildman–Crippen MR) is 107 cm³/mol. The highest BCUT2D eigenvalue weighted by Gasteiger charge is 2.28. The highest BCUT2D eigenvalue weighted by Crippen LogP contribution is 2.27. The topological polar surface area (TPSA) is 44.4 Å². The fourth-order valence-electron chi connectivity index (χ4n) is 2.80. The van der Waals surface area contributed by atoms with E-state index in [-0.39, 0.29) is 5.91 Å². The molecule has 0 heterocycles. The Morgan fingerprint density at radius 1 is 1.17 bits per heavy atom. The molecular weight excluding hydrogens is 318 g/mol. The van der Waals surface area contributed by atoms with E-state index in [9.17, 15) is 4.79 Å². The summed E-state index contributed by atoms with van der Waals surface area (Å²) in [6.45, 7) is 14.1. The van der Waals surface area contributed by atoms with Crippen LogP contribution >= 0.6 is 12.2 Å². The van der Waals surface area contributed by atoms with Crippen molar-refractivity contribution in [1.29, 1.82) is 0 Å². The predicted octanol–water partition coefficient (Wildman–Crippen LogP) is 4.74. The van der Waals surface area contributed by atoms with Crippen LogP contribution in [-0.2, 0) is 4.79 Å². The third-order valence-electron chi connectivity index (χ3n) is 3.96. The van der Waals surface area contributed by atoms with Crippen molar-refractivity contribution in [2.45, 2.75) is 48.0 Å². The molecular formula is C19H31N3OS. The van der Waals surface area contributed by atoms with Crippen LogP contribution in [-0.4, -0.2) is 29.0 Å². The zero-order valence-corrected chi connectivity index (χ0v) is 16.6. The number of anilines is 2. The largest absolute Gasteiger partial charge is 0.350 e. The number of hydrogen-bond acceptors (Lipinski definition) is 2. The molecule has 0 saturated carbocycles. The van der Waals surface area contributed by atoms with Crippen LogP contribution < -0.4 is 10.6 Å². The van der Waals surface area contributed by atoms with Gasteiger partial charge in [0.1, 0.15) is 0 Å². The Morgan fingerprint density at radius 2 is 1.71 bits per heavy atom. The average Bonchev–Trinajstić information content (AvgIpc) is 2.47. The third kappa shape index (κ3) is 6.11. The van der Waals surface area contributed by atoms with Gasteiger partial charge in [0, 0.05) is 29.9 Å². The molecule has 0 aromatic heterocycles. The van der Waals surface area contributed by atoms with Gasteiger partial charge in [-0.1, -0.05) is 33.8 Å². The first-order valence-corrected chi connectivity index (χ1v) is 9.07. The van der Waals surface area contributed by atoms with Crippen molar-refractivity contribution in [1.82, 2.24) is 4.90 Å².